The molecule has 0 aliphatic heterocycles. The van der Waals surface area contributed by atoms with Gasteiger partial charge in [-0.2, -0.15) is 0 Å². The molecule has 1 aliphatic rings. The van der Waals surface area contributed by atoms with E-state index >= 15 is 0 Å². The molecular weight excluding hydrogens is 598 g/mol. The van der Waals surface area contributed by atoms with Gasteiger partial charge in [0.1, 0.15) is 0 Å². The molecule has 3 aromatic rings. The molecule has 1 aliphatic carbocycles. The Hall–Kier alpha value is -0.890. The Bertz CT molecular complexity index is 1130. The molecule has 0 nitrogen and oxygen atoms in total. The summed E-state index contributed by atoms with van der Waals surface area (Å²) in [5.74, 6) is 0.381. The molecule has 170 valence electrons. The van der Waals surface area contributed by atoms with Gasteiger partial charge in [-0.1, -0.05) is 107 Å². The molecule has 0 atom stereocenters. The molecule has 0 aromatic heterocycles. The zero-order valence-corrected chi connectivity index (χ0v) is 25.7. The summed E-state index contributed by atoms with van der Waals surface area (Å²) in [4.78, 5) is 0. The van der Waals surface area contributed by atoms with Crippen molar-refractivity contribution in [1.82, 2.24) is 0 Å². The zero-order chi connectivity index (χ0) is 22.3. The van der Waals surface area contributed by atoms with Gasteiger partial charge in [-0.15, -0.1) is 33.7 Å². The van der Waals surface area contributed by atoms with Crippen LogP contribution in [0.3, 0.4) is 0 Å². The molecule has 4 rings (SSSR count). The predicted octanol–water partition coefficient (Wildman–Crippen LogP) is 2.27. The summed E-state index contributed by atoms with van der Waals surface area (Å²) in [6, 6.07) is 14.1. The van der Waals surface area contributed by atoms with E-state index in [0.717, 1.165) is 0 Å². The number of rotatable bonds is 1. The van der Waals surface area contributed by atoms with Gasteiger partial charge in [0.15, 0.2) is 0 Å². The first-order valence-corrected chi connectivity index (χ1v) is 12.7. The SMILES string of the molecule is CC(C)(C)c1ccc2c(c1)[cH-]c1c(C3C=CC=C3)c(C(C)(C)C)ccc12.C[C](C)=[Hf+2].[Cl-].[Cl-]. The monoisotopic (exact) mass is 633 g/mol. The van der Waals surface area contributed by atoms with Crippen molar-refractivity contribution >= 4 is 24.8 Å². The van der Waals surface area contributed by atoms with Gasteiger partial charge in [-0.25, -0.2) is 0 Å². The molecule has 0 heterocycles. The van der Waals surface area contributed by atoms with Crippen molar-refractivity contribution in [2.45, 2.75) is 72.1 Å². The Kier molecular flexibility index (Phi) is 10.0. The van der Waals surface area contributed by atoms with Gasteiger partial charge in [0.2, 0.25) is 0 Å². The molecule has 0 amide bonds. The summed E-state index contributed by atoms with van der Waals surface area (Å²) in [7, 11) is 0. The van der Waals surface area contributed by atoms with Crippen LogP contribution in [0.4, 0.5) is 0 Å². The fraction of sp³-hybridized carbons (Fsp3) is 0.379. The van der Waals surface area contributed by atoms with Crippen LogP contribution in [0.1, 0.15) is 78.0 Å². The fourth-order valence-electron chi connectivity index (χ4n) is 4.21. The van der Waals surface area contributed by atoms with Gasteiger partial charge in [-0.05, 0) is 16.7 Å². The molecule has 32 heavy (non-hydrogen) atoms. The second-order valence-corrected chi connectivity index (χ2v) is 14.3. The molecule has 0 saturated carbocycles. The topological polar surface area (TPSA) is 0 Å². The van der Waals surface area contributed by atoms with Crippen molar-refractivity contribution in [3.05, 3.63) is 77.4 Å². The summed E-state index contributed by atoms with van der Waals surface area (Å²) in [5.41, 5.74) is 4.64. The molecule has 0 unspecified atom stereocenters. The maximum atomic E-state index is 2.42. The first-order chi connectivity index (χ1) is 13.9. The van der Waals surface area contributed by atoms with Crippen LogP contribution >= 0.6 is 0 Å². The Labute approximate surface area is 221 Å². The normalized spacial score (nSPS) is 13.6. The molecule has 0 spiro atoms. The van der Waals surface area contributed by atoms with E-state index in [4.69, 9.17) is 0 Å². The van der Waals surface area contributed by atoms with Crippen molar-refractivity contribution in [2.24, 2.45) is 0 Å². The zero-order valence-electron chi connectivity index (χ0n) is 20.6. The van der Waals surface area contributed by atoms with E-state index in [1.807, 2.05) is 0 Å². The summed E-state index contributed by atoms with van der Waals surface area (Å²) in [6.45, 7) is 18.1. The van der Waals surface area contributed by atoms with Crippen LogP contribution in [0.2, 0.25) is 0 Å². The third-order valence-electron chi connectivity index (χ3n) is 5.68. The Morgan fingerprint density at radius 3 is 1.84 bits per heavy atom. The minimum Gasteiger partial charge on any atom is -1.00 e. The predicted molar refractivity (Wildman–Crippen MR) is 132 cm³/mol. The van der Waals surface area contributed by atoms with Crippen molar-refractivity contribution < 1.29 is 48.7 Å². The van der Waals surface area contributed by atoms with Gasteiger partial charge in [0.25, 0.3) is 0 Å². The molecule has 0 fully saturated rings. The summed E-state index contributed by atoms with van der Waals surface area (Å²) >= 11 is 1.27. The summed E-state index contributed by atoms with van der Waals surface area (Å²) in [5, 5.41) is 5.54. The Balaban J connectivity index is 0.000000790. The van der Waals surface area contributed by atoms with Crippen molar-refractivity contribution in [3.63, 3.8) is 0 Å². The van der Waals surface area contributed by atoms with Crippen LogP contribution in [-0.2, 0) is 34.7 Å². The Morgan fingerprint density at radius 2 is 1.34 bits per heavy atom. The molecule has 0 N–H and O–H groups in total. The number of hydrogen-bond donors (Lipinski definition) is 0. The van der Waals surface area contributed by atoms with Crippen molar-refractivity contribution in [2.75, 3.05) is 0 Å². The maximum Gasteiger partial charge on any atom is -1.00 e. The molecule has 3 aromatic carbocycles. The van der Waals surface area contributed by atoms with Gasteiger partial charge < -0.3 is 24.8 Å². The van der Waals surface area contributed by atoms with E-state index in [-0.39, 0.29) is 35.6 Å². The molecule has 0 bridgehead atoms. The Morgan fingerprint density at radius 1 is 0.812 bits per heavy atom. The van der Waals surface area contributed by atoms with Gasteiger partial charge in [0, 0.05) is 0 Å². The number of benzene rings is 2. The van der Waals surface area contributed by atoms with E-state index in [9.17, 15) is 0 Å². The van der Waals surface area contributed by atoms with Crippen molar-refractivity contribution in [3.8, 4) is 0 Å². The van der Waals surface area contributed by atoms with Crippen LogP contribution in [0.25, 0.3) is 21.5 Å². The number of fused-ring (bicyclic) bond motifs is 3. The number of allylic oxidation sites excluding steroid dienone is 4. The largest absolute Gasteiger partial charge is 1.00 e. The van der Waals surface area contributed by atoms with Crippen LogP contribution in [0.5, 0.6) is 0 Å². The fourth-order valence-corrected chi connectivity index (χ4v) is 4.21. The van der Waals surface area contributed by atoms with Crippen LogP contribution in [0, 0.1) is 0 Å². The quantitative estimate of drug-likeness (QED) is 0.286. The van der Waals surface area contributed by atoms with Crippen LogP contribution in [0.15, 0.2) is 60.7 Å². The van der Waals surface area contributed by atoms with E-state index in [1.165, 1.54) is 62.1 Å². The standard InChI is InChI=1S/C26H29.C3H6.2ClH.Hf/c1-25(2,3)19-11-12-20-18(15-19)16-22-21(20)13-14-23(26(4,5)6)24(22)17-9-7-8-10-17;1-3-2;;;/h7-17H,1-6H3;1-2H3;2*1H;/q-1;;;;+2/p-2. The minimum absolute atomic E-state index is 0. The van der Waals surface area contributed by atoms with Crippen molar-refractivity contribution in [1.29, 1.82) is 0 Å². The second-order valence-electron chi connectivity index (χ2n) is 10.7. The third-order valence-corrected chi connectivity index (χ3v) is 5.68. The maximum absolute atomic E-state index is 2.42. The molecule has 0 saturated heterocycles. The number of halogens is 2. The average Bonchev–Trinajstić information content (AvgIpc) is 3.25. The van der Waals surface area contributed by atoms with Gasteiger partial charge >= 0.3 is 41.0 Å². The van der Waals surface area contributed by atoms with E-state index < -0.39 is 0 Å². The molecule has 0 radical (unpaired) electrons. The van der Waals surface area contributed by atoms with Crippen LogP contribution < -0.4 is 24.8 Å². The minimum atomic E-state index is 0. The van der Waals surface area contributed by atoms with E-state index in [2.05, 4.69) is 116 Å². The summed E-state index contributed by atoms with van der Waals surface area (Å²) in [6.07, 6.45) is 9.00. The first kappa shape index (κ1) is 29.1. The van der Waals surface area contributed by atoms with E-state index in [0.29, 0.717) is 5.92 Å². The number of hydrogen-bond acceptors (Lipinski definition) is 0. The van der Waals surface area contributed by atoms with E-state index in [1.54, 1.807) is 3.26 Å². The molecule has 3 heteroatoms. The second kappa shape index (κ2) is 11.0. The van der Waals surface area contributed by atoms with Gasteiger partial charge in [0.05, 0.1) is 0 Å². The molecular formula is C29H35Cl2Hf-. The summed E-state index contributed by atoms with van der Waals surface area (Å²) < 4.78 is 1.56. The van der Waals surface area contributed by atoms with Gasteiger partial charge in [-0.3, -0.25) is 0 Å². The first-order valence-electron chi connectivity index (χ1n) is 10.9. The van der Waals surface area contributed by atoms with Crippen LogP contribution in [-0.4, -0.2) is 3.26 Å². The average molecular weight is 633 g/mol. The smallest absolute Gasteiger partial charge is 1.00 e. The third kappa shape index (κ3) is 6.37.